The summed E-state index contributed by atoms with van der Waals surface area (Å²) in [4.78, 5) is 0. The lowest BCUT2D eigenvalue weighted by molar-refractivity contribution is 0.192. The Morgan fingerprint density at radius 2 is 1.88 bits per heavy atom. The van der Waals surface area contributed by atoms with Crippen molar-refractivity contribution in [2.75, 3.05) is 33.1 Å². The molecule has 0 N–H and O–H groups in total. The predicted molar refractivity (Wildman–Crippen MR) is 67.4 cm³/mol. The Bertz CT molecular complexity index is 298. The number of hydrogen-bond donors (Lipinski definition) is 0. The molecule has 0 fully saturated rings. The van der Waals surface area contributed by atoms with Crippen molar-refractivity contribution < 1.29 is 13.2 Å². The molecule has 0 heterocycles. The number of sulfonamides is 1. The molecule has 0 amide bonds. The van der Waals surface area contributed by atoms with Crippen LogP contribution < -0.4 is 0 Å². The third-order valence-electron chi connectivity index (χ3n) is 1.89. The summed E-state index contributed by atoms with van der Waals surface area (Å²) in [6.07, 6.45) is 0. The van der Waals surface area contributed by atoms with Gasteiger partial charge in [0.2, 0.25) is 10.0 Å². The molecule has 0 aromatic rings. The molecule has 0 rings (SSSR count). The zero-order valence-corrected chi connectivity index (χ0v) is 12.2. The van der Waals surface area contributed by atoms with Gasteiger partial charge in [0, 0.05) is 20.7 Å². The maximum Gasteiger partial charge on any atom is 0.214 e. The lowest BCUT2D eigenvalue weighted by Gasteiger charge is -2.25. The molecule has 0 saturated carbocycles. The van der Waals surface area contributed by atoms with Gasteiger partial charge in [0.1, 0.15) is 0 Å². The molecule has 1 atom stereocenters. The predicted octanol–water partition coefficient (Wildman–Crippen LogP) is 1.55. The molecule has 6 heteroatoms. The maximum atomic E-state index is 11.9. The van der Waals surface area contributed by atoms with E-state index in [0.717, 1.165) is 0 Å². The molecule has 0 aliphatic rings. The summed E-state index contributed by atoms with van der Waals surface area (Å²) in [5, 5.41) is -0.315. The van der Waals surface area contributed by atoms with Gasteiger partial charge in [-0.2, -0.15) is 0 Å². The summed E-state index contributed by atoms with van der Waals surface area (Å²) in [6.45, 7) is 6.30. The average Bonchev–Trinajstić information content (AvgIpc) is 1.99. The molecule has 0 radical (unpaired) electrons. The van der Waals surface area contributed by atoms with Crippen molar-refractivity contribution in [3.8, 4) is 0 Å². The zero-order chi connectivity index (χ0) is 13.0. The summed E-state index contributed by atoms with van der Waals surface area (Å²) in [5.74, 6) is 0.118. The van der Waals surface area contributed by atoms with Crippen LogP contribution in [0.5, 0.6) is 0 Å². The van der Waals surface area contributed by atoms with Crippen LogP contribution in [-0.4, -0.2) is 51.2 Å². The van der Waals surface area contributed by atoms with Crippen LogP contribution in [-0.2, 0) is 14.8 Å². The molecule has 0 aromatic carbocycles. The van der Waals surface area contributed by atoms with Gasteiger partial charge in [0.25, 0.3) is 0 Å². The fraction of sp³-hybridized carbons (Fsp3) is 1.00. The lowest BCUT2D eigenvalue weighted by atomic mass is 10.0. The highest BCUT2D eigenvalue weighted by atomic mass is 35.5. The number of halogens is 1. The molecule has 0 aliphatic carbocycles. The summed E-state index contributed by atoms with van der Waals surface area (Å²) < 4.78 is 30.0. The minimum atomic E-state index is -3.24. The Labute approximate surface area is 104 Å². The number of alkyl halides is 1. The third kappa shape index (κ3) is 6.68. The highest BCUT2D eigenvalue weighted by Crippen LogP contribution is 2.18. The standard InChI is InChI=1S/C10H22ClNO3S/c1-10(2,3)8-16(13,14)12(4)6-9(11)7-15-5/h9H,6-8H2,1-5H3. The van der Waals surface area contributed by atoms with Gasteiger partial charge in [0.15, 0.2) is 0 Å². The van der Waals surface area contributed by atoms with E-state index in [4.69, 9.17) is 16.3 Å². The van der Waals surface area contributed by atoms with Crippen LogP contribution in [0.1, 0.15) is 20.8 Å². The molecule has 0 aromatic heterocycles. The van der Waals surface area contributed by atoms with Crippen LogP contribution in [0.25, 0.3) is 0 Å². The highest BCUT2D eigenvalue weighted by Gasteiger charge is 2.26. The second-order valence-corrected chi connectivity index (χ2v) is 7.84. The number of methoxy groups -OCH3 is 1. The smallest absolute Gasteiger partial charge is 0.214 e. The summed E-state index contributed by atoms with van der Waals surface area (Å²) in [5.41, 5.74) is -0.254. The largest absolute Gasteiger partial charge is 0.383 e. The Morgan fingerprint density at radius 3 is 2.25 bits per heavy atom. The van der Waals surface area contributed by atoms with Gasteiger partial charge in [0.05, 0.1) is 17.7 Å². The molecular formula is C10H22ClNO3S. The number of hydrogen-bond acceptors (Lipinski definition) is 3. The quantitative estimate of drug-likeness (QED) is 0.689. The van der Waals surface area contributed by atoms with Crippen molar-refractivity contribution in [3.05, 3.63) is 0 Å². The summed E-state index contributed by atoms with van der Waals surface area (Å²) in [6, 6.07) is 0. The van der Waals surface area contributed by atoms with Crippen LogP contribution in [0.2, 0.25) is 0 Å². The van der Waals surface area contributed by atoms with E-state index >= 15 is 0 Å². The molecule has 0 aliphatic heterocycles. The molecule has 0 saturated heterocycles. The number of nitrogens with zero attached hydrogens (tertiary/aromatic N) is 1. The van der Waals surface area contributed by atoms with Crippen molar-refractivity contribution in [1.82, 2.24) is 4.31 Å². The molecule has 98 valence electrons. The fourth-order valence-corrected chi connectivity index (χ4v) is 3.42. The number of rotatable bonds is 6. The van der Waals surface area contributed by atoms with E-state index in [1.54, 1.807) is 14.2 Å². The lowest BCUT2D eigenvalue weighted by Crippen LogP contribution is -2.38. The second kappa shape index (κ2) is 6.19. The van der Waals surface area contributed by atoms with Gasteiger partial charge in [-0.1, -0.05) is 20.8 Å². The first kappa shape index (κ1) is 16.2. The van der Waals surface area contributed by atoms with Crippen LogP contribution in [0, 0.1) is 5.41 Å². The normalized spacial score (nSPS) is 15.4. The molecule has 1 unspecified atom stereocenters. The van der Waals surface area contributed by atoms with Gasteiger partial charge < -0.3 is 4.74 Å². The molecule has 4 nitrogen and oxygen atoms in total. The van der Waals surface area contributed by atoms with Crippen molar-refractivity contribution in [3.63, 3.8) is 0 Å². The Hall–Kier alpha value is 0.160. The fourth-order valence-electron chi connectivity index (χ4n) is 1.28. The summed E-state index contributed by atoms with van der Waals surface area (Å²) in [7, 11) is -0.150. The first-order valence-corrected chi connectivity index (χ1v) is 7.20. The van der Waals surface area contributed by atoms with Gasteiger partial charge in [-0.15, -0.1) is 11.6 Å². The van der Waals surface area contributed by atoms with E-state index in [1.165, 1.54) is 4.31 Å². The molecular weight excluding hydrogens is 250 g/mol. The van der Waals surface area contributed by atoms with E-state index < -0.39 is 10.0 Å². The van der Waals surface area contributed by atoms with Gasteiger partial charge in [-0.05, 0) is 5.41 Å². The van der Waals surface area contributed by atoms with Gasteiger partial charge in [-0.3, -0.25) is 0 Å². The number of ether oxygens (including phenoxy) is 1. The molecule has 0 spiro atoms. The van der Waals surface area contributed by atoms with Crippen molar-refractivity contribution in [2.24, 2.45) is 5.41 Å². The van der Waals surface area contributed by atoms with Crippen LogP contribution in [0.15, 0.2) is 0 Å². The maximum absolute atomic E-state index is 11.9. The van der Waals surface area contributed by atoms with Crippen molar-refractivity contribution in [1.29, 1.82) is 0 Å². The van der Waals surface area contributed by atoms with Crippen molar-refractivity contribution in [2.45, 2.75) is 26.1 Å². The third-order valence-corrected chi connectivity index (χ3v) is 4.49. The molecule has 16 heavy (non-hydrogen) atoms. The Balaban J connectivity index is 4.42. The van der Waals surface area contributed by atoms with Gasteiger partial charge >= 0.3 is 0 Å². The highest BCUT2D eigenvalue weighted by molar-refractivity contribution is 7.89. The Kier molecular flexibility index (Phi) is 6.25. The van der Waals surface area contributed by atoms with E-state index in [0.29, 0.717) is 6.61 Å². The van der Waals surface area contributed by atoms with Crippen LogP contribution in [0.4, 0.5) is 0 Å². The second-order valence-electron chi connectivity index (χ2n) is 5.15. The van der Waals surface area contributed by atoms with Crippen molar-refractivity contribution >= 4 is 21.6 Å². The zero-order valence-electron chi connectivity index (χ0n) is 10.7. The SMILES string of the molecule is COCC(Cl)CN(C)S(=O)(=O)CC(C)(C)C. The molecule has 0 bridgehead atoms. The van der Waals surface area contributed by atoms with Gasteiger partial charge in [-0.25, -0.2) is 12.7 Å². The minimum absolute atomic E-state index is 0.118. The van der Waals surface area contributed by atoms with Crippen LogP contribution in [0.3, 0.4) is 0 Å². The topological polar surface area (TPSA) is 46.6 Å². The monoisotopic (exact) mass is 271 g/mol. The first-order valence-electron chi connectivity index (χ1n) is 5.15. The van der Waals surface area contributed by atoms with E-state index in [1.807, 2.05) is 20.8 Å². The van der Waals surface area contributed by atoms with E-state index in [9.17, 15) is 8.42 Å². The average molecular weight is 272 g/mol. The Morgan fingerprint density at radius 1 is 1.38 bits per heavy atom. The van der Waals surface area contributed by atoms with E-state index in [-0.39, 0.29) is 23.1 Å². The minimum Gasteiger partial charge on any atom is -0.383 e. The van der Waals surface area contributed by atoms with Crippen LogP contribution >= 0.6 is 11.6 Å². The van der Waals surface area contributed by atoms with E-state index in [2.05, 4.69) is 0 Å². The summed E-state index contributed by atoms with van der Waals surface area (Å²) >= 11 is 5.92. The first-order chi connectivity index (χ1) is 7.08.